The molecule has 2 aliphatic rings. The SMILES string of the molecule is Cc1ccc(CSc2nc3ccccc3c(=O)n2CC2CCC(C(=O)NC[C@H]3CCCO3)CC2)cc1. The summed E-state index contributed by atoms with van der Waals surface area (Å²) in [5.74, 6) is 1.35. The summed E-state index contributed by atoms with van der Waals surface area (Å²) in [6, 6.07) is 16.1. The predicted octanol–water partition coefficient (Wildman–Crippen LogP) is 5.10. The van der Waals surface area contributed by atoms with Crippen LogP contribution in [0.1, 0.15) is 49.7 Å². The molecular formula is C29H35N3O3S. The monoisotopic (exact) mass is 505 g/mol. The van der Waals surface area contributed by atoms with Gasteiger partial charge in [-0.1, -0.05) is 53.7 Å². The highest BCUT2D eigenvalue weighted by molar-refractivity contribution is 7.98. The first-order valence-corrected chi connectivity index (χ1v) is 14.1. The number of carbonyl (C=O) groups excluding carboxylic acids is 1. The number of nitrogens with one attached hydrogen (secondary N) is 1. The van der Waals surface area contributed by atoms with Crippen LogP contribution >= 0.6 is 11.8 Å². The van der Waals surface area contributed by atoms with Gasteiger partial charge in [-0.2, -0.15) is 0 Å². The van der Waals surface area contributed by atoms with Gasteiger partial charge in [-0.15, -0.1) is 0 Å². The lowest BCUT2D eigenvalue weighted by Gasteiger charge is -2.29. The standard InChI is InChI=1S/C29H35N3O3S/c1-20-8-10-22(11-9-20)19-36-29-31-26-7-3-2-6-25(26)28(34)32(29)18-21-12-14-23(15-13-21)27(33)30-17-24-5-4-16-35-24/h2-3,6-11,21,23-24H,4-5,12-19H2,1H3,(H,30,33)/t21?,23?,24-/m1/s1. The third kappa shape index (κ3) is 6.01. The van der Waals surface area contributed by atoms with Crippen molar-refractivity contribution in [3.63, 3.8) is 0 Å². The number of hydrogen-bond donors (Lipinski definition) is 1. The number of rotatable bonds is 8. The molecule has 2 heterocycles. The minimum Gasteiger partial charge on any atom is -0.376 e. The number of fused-ring (bicyclic) bond motifs is 1. The van der Waals surface area contributed by atoms with Gasteiger partial charge in [0.25, 0.3) is 5.56 Å². The van der Waals surface area contributed by atoms with Crippen molar-refractivity contribution in [2.45, 2.75) is 69.0 Å². The van der Waals surface area contributed by atoms with E-state index < -0.39 is 0 Å². The van der Waals surface area contributed by atoms with Crippen molar-refractivity contribution in [1.82, 2.24) is 14.9 Å². The number of benzene rings is 2. The first-order valence-electron chi connectivity index (χ1n) is 13.1. The lowest BCUT2D eigenvalue weighted by Crippen LogP contribution is -2.38. The molecule has 2 aromatic carbocycles. The zero-order valence-electron chi connectivity index (χ0n) is 20.9. The first kappa shape index (κ1) is 25.0. The summed E-state index contributed by atoms with van der Waals surface area (Å²) in [5, 5.41) is 4.54. The Labute approximate surface area is 216 Å². The molecule has 36 heavy (non-hydrogen) atoms. The molecule has 5 rings (SSSR count). The van der Waals surface area contributed by atoms with Crippen molar-refractivity contribution < 1.29 is 9.53 Å². The van der Waals surface area contributed by atoms with E-state index in [2.05, 4.69) is 36.5 Å². The van der Waals surface area contributed by atoms with Gasteiger partial charge >= 0.3 is 0 Å². The van der Waals surface area contributed by atoms with Gasteiger partial charge in [0, 0.05) is 31.4 Å². The summed E-state index contributed by atoms with van der Waals surface area (Å²) in [6.07, 6.45) is 5.91. The third-order valence-corrected chi connectivity index (χ3v) is 8.55. The number of carbonyl (C=O) groups is 1. The maximum Gasteiger partial charge on any atom is 0.262 e. The Kier molecular flexibility index (Phi) is 8.07. The number of ether oxygens (including phenoxy) is 1. The van der Waals surface area contributed by atoms with Crippen LogP contribution in [0.3, 0.4) is 0 Å². The van der Waals surface area contributed by atoms with Crippen LogP contribution in [0.5, 0.6) is 0 Å². The van der Waals surface area contributed by atoms with E-state index in [9.17, 15) is 9.59 Å². The van der Waals surface area contributed by atoms with E-state index in [1.165, 1.54) is 11.1 Å². The number of para-hydroxylation sites is 1. The van der Waals surface area contributed by atoms with Crippen LogP contribution < -0.4 is 10.9 Å². The third-order valence-electron chi connectivity index (χ3n) is 7.50. The zero-order valence-corrected chi connectivity index (χ0v) is 21.8. The number of aromatic nitrogens is 2. The van der Waals surface area contributed by atoms with Crippen LogP contribution in [-0.4, -0.2) is 34.7 Å². The fourth-order valence-electron chi connectivity index (χ4n) is 5.28. The van der Waals surface area contributed by atoms with Crippen molar-refractivity contribution in [2.24, 2.45) is 11.8 Å². The van der Waals surface area contributed by atoms with E-state index in [0.29, 0.717) is 24.4 Å². The van der Waals surface area contributed by atoms with Gasteiger partial charge < -0.3 is 10.1 Å². The molecule has 2 fully saturated rings. The normalized spacial score (nSPS) is 22.1. The van der Waals surface area contributed by atoms with Gasteiger partial charge in [-0.05, 0) is 69.1 Å². The average molecular weight is 506 g/mol. The van der Waals surface area contributed by atoms with E-state index in [0.717, 1.165) is 61.6 Å². The van der Waals surface area contributed by atoms with Gasteiger partial charge in [-0.25, -0.2) is 4.98 Å². The molecule has 3 aromatic rings. The highest BCUT2D eigenvalue weighted by Gasteiger charge is 2.28. The van der Waals surface area contributed by atoms with Crippen LogP contribution in [0.4, 0.5) is 0 Å². The molecule has 6 nitrogen and oxygen atoms in total. The van der Waals surface area contributed by atoms with Crippen molar-refractivity contribution >= 4 is 28.6 Å². The Balaban J connectivity index is 1.25. The van der Waals surface area contributed by atoms with Crippen molar-refractivity contribution in [3.05, 3.63) is 70.0 Å². The van der Waals surface area contributed by atoms with E-state index in [4.69, 9.17) is 9.72 Å². The zero-order chi connectivity index (χ0) is 24.9. The van der Waals surface area contributed by atoms with Gasteiger partial charge in [0.05, 0.1) is 17.0 Å². The topological polar surface area (TPSA) is 73.2 Å². The maximum absolute atomic E-state index is 13.5. The highest BCUT2D eigenvalue weighted by atomic mass is 32.2. The molecule has 1 atom stereocenters. The Morgan fingerprint density at radius 3 is 2.61 bits per heavy atom. The van der Waals surface area contributed by atoms with E-state index >= 15 is 0 Å². The molecule has 0 bridgehead atoms. The molecular weight excluding hydrogens is 470 g/mol. The van der Waals surface area contributed by atoms with Crippen LogP contribution in [0.15, 0.2) is 58.5 Å². The summed E-state index contributed by atoms with van der Waals surface area (Å²) in [7, 11) is 0. The molecule has 1 saturated heterocycles. The minimum absolute atomic E-state index is 0.0310. The molecule has 190 valence electrons. The van der Waals surface area contributed by atoms with Crippen molar-refractivity contribution in [2.75, 3.05) is 13.2 Å². The number of aryl methyl sites for hydroxylation is 1. The van der Waals surface area contributed by atoms with Crippen LogP contribution in [-0.2, 0) is 21.8 Å². The Morgan fingerprint density at radius 1 is 1.08 bits per heavy atom. The van der Waals surface area contributed by atoms with Crippen LogP contribution in [0.25, 0.3) is 10.9 Å². The summed E-state index contributed by atoms with van der Waals surface area (Å²) in [6.45, 7) is 4.16. The second-order valence-electron chi connectivity index (χ2n) is 10.2. The largest absolute Gasteiger partial charge is 0.376 e. The van der Waals surface area contributed by atoms with Crippen LogP contribution in [0.2, 0.25) is 0 Å². The molecule has 1 aliphatic carbocycles. The van der Waals surface area contributed by atoms with Gasteiger partial charge in [0.15, 0.2) is 5.16 Å². The van der Waals surface area contributed by atoms with Gasteiger partial charge in [-0.3, -0.25) is 14.2 Å². The maximum atomic E-state index is 13.5. The lowest BCUT2D eigenvalue weighted by atomic mass is 9.81. The summed E-state index contributed by atoms with van der Waals surface area (Å²) < 4.78 is 7.50. The Hall–Kier alpha value is -2.64. The fraction of sp³-hybridized carbons (Fsp3) is 0.483. The lowest BCUT2D eigenvalue weighted by molar-refractivity contribution is -0.126. The van der Waals surface area contributed by atoms with Gasteiger partial charge in [0.1, 0.15) is 0 Å². The minimum atomic E-state index is 0.0310. The second kappa shape index (κ2) is 11.6. The molecule has 0 unspecified atom stereocenters. The van der Waals surface area contributed by atoms with E-state index in [1.807, 2.05) is 28.8 Å². The average Bonchev–Trinajstić information content (AvgIpc) is 3.43. The van der Waals surface area contributed by atoms with Gasteiger partial charge in [0.2, 0.25) is 5.91 Å². The first-order chi connectivity index (χ1) is 17.6. The molecule has 1 N–H and O–H groups in total. The number of hydrogen-bond acceptors (Lipinski definition) is 5. The number of amides is 1. The van der Waals surface area contributed by atoms with E-state index in [-0.39, 0.29) is 23.5 Å². The summed E-state index contributed by atoms with van der Waals surface area (Å²) >= 11 is 1.62. The van der Waals surface area contributed by atoms with Crippen molar-refractivity contribution in [3.8, 4) is 0 Å². The van der Waals surface area contributed by atoms with Crippen molar-refractivity contribution in [1.29, 1.82) is 0 Å². The molecule has 1 amide bonds. The number of thioether (sulfide) groups is 1. The summed E-state index contributed by atoms with van der Waals surface area (Å²) in [5.41, 5.74) is 3.23. The smallest absolute Gasteiger partial charge is 0.262 e. The van der Waals surface area contributed by atoms with E-state index in [1.54, 1.807) is 11.8 Å². The Bertz CT molecular complexity index is 1240. The summed E-state index contributed by atoms with van der Waals surface area (Å²) in [4.78, 5) is 31.1. The molecule has 7 heteroatoms. The quantitative estimate of drug-likeness (QED) is 0.341. The second-order valence-corrected chi connectivity index (χ2v) is 11.1. The molecule has 1 aliphatic heterocycles. The molecule has 0 radical (unpaired) electrons. The highest BCUT2D eigenvalue weighted by Crippen LogP contribution is 2.31. The predicted molar refractivity (Wildman–Crippen MR) is 144 cm³/mol. The fourth-order valence-corrected chi connectivity index (χ4v) is 6.24. The molecule has 1 aromatic heterocycles. The Morgan fingerprint density at radius 2 is 1.86 bits per heavy atom. The number of nitrogens with zero attached hydrogens (tertiary/aromatic N) is 2. The molecule has 0 spiro atoms. The van der Waals surface area contributed by atoms with Crippen LogP contribution in [0, 0.1) is 18.8 Å². The molecule has 1 saturated carbocycles.